The van der Waals surface area contributed by atoms with Crippen molar-refractivity contribution in [2.24, 2.45) is 0 Å². The smallest absolute Gasteiger partial charge is 0.330 e. The molecule has 0 aromatic carbocycles. The largest absolute Gasteiger partial charge is 0.394 e. The second kappa shape index (κ2) is 11.8. The number of aromatic nitrogens is 4. The van der Waals surface area contributed by atoms with Gasteiger partial charge in [-0.1, -0.05) is 0 Å². The Bertz CT molecular complexity index is 1440. The van der Waals surface area contributed by atoms with Gasteiger partial charge in [0.2, 0.25) is 0 Å². The number of aliphatic hydroxyl groups is 2. The Labute approximate surface area is 219 Å². The molecule has 7 atom stereocenters. The van der Waals surface area contributed by atoms with E-state index < -0.39 is 72.7 Å². The van der Waals surface area contributed by atoms with E-state index in [1.165, 1.54) is 26.2 Å². The van der Waals surface area contributed by atoms with Crippen molar-refractivity contribution >= 4 is 18.5 Å². The van der Waals surface area contributed by atoms with Gasteiger partial charge in [0.05, 0.1) is 25.4 Å². The third-order valence-corrected chi connectivity index (χ3v) is 7.73. The van der Waals surface area contributed by atoms with Crippen molar-refractivity contribution < 1.29 is 33.6 Å². The number of hydrogen-bond donors (Lipinski definition) is 6. The van der Waals surface area contributed by atoms with Gasteiger partial charge in [-0.3, -0.25) is 28.7 Å². The van der Waals surface area contributed by atoms with Crippen LogP contribution in [0.1, 0.15) is 36.4 Å². The average molecular weight is 581 g/mol. The summed E-state index contributed by atoms with van der Waals surface area (Å²) < 4.78 is 24.6. The van der Waals surface area contributed by atoms with Crippen LogP contribution in [0.2, 0.25) is 0 Å². The molecule has 4 rings (SSSR count). The summed E-state index contributed by atoms with van der Waals surface area (Å²) in [6, 6.07) is 0. The van der Waals surface area contributed by atoms with E-state index >= 15 is 0 Å². The van der Waals surface area contributed by atoms with Crippen LogP contribution in [0, 0.1) is 13.8 Å². The van der Waals surface area contributed by atoms with Gasteiger partial charge in [0.15, 0.2) is 0 Å². The molecule has 2 fully saturated rings. The number of H-pyrrole nitrogens is 2. The summed E-state index contributed by atoms with van der Waals surface area (Å²) >= 11 is 5.09. The predicted molar refractivity (Wildman–Crippen MR) is 136 cm³/mol. The van der Waals surface area contributed by atoms with Gasteiger partial charge >= 0.3 is 18.1 Å². The van der Waals surface area contributed by atoms with E-state index in [-0.39, 0.29) is 36.7 Å². The highest BCUT2D eigenvalue weighted by Gasteiger charge is 2.42. The predicted octanol–water partition coefficient (Wildman–Crippen LogP) is -1.37. The minimum absolute atomic E-state index is 0. The van der Waals surface area contributed by atoms with Crippen molar-refractivity contribution in [3.63, 3.8) is 0 Å². The quantitative estimate of drug-likeness (QED) is 0.198. The third-order valence-electron chi connectivity index (χ3n) is 6.15. The maximum Gasteiger partial charge on any atom is 0.330 e. The molecule has 3 unspecified atom stereocenters. The van der Waals surface area contributed by atoms with Gasteiger partial charge in [0, 0.05) is 36.4 Å². The fourth-order valence-corrected chi connectivity index (χ4v) is 5.63. The van der Waals surface area contributed by atoms with Crippen molar-refractivity contribution in [1.29, 1.82) is 0 Å². The van der Waals surface area contributed by atoms with Crippen LogP contribution in [0.3, 0.4) is 0 Å². The zero-order valence-electron chi connectivity index (χ0n) is 20.8. The summed E-state index contributed by atoms with van der Waals surface area (Å²) in [5.41, 5.74) is -1.92. The molecule has 212 valence electrons. The lowest BCUT2D eigenvalue weighted by molar-refractivity contribution is -0.0531. The Morgan fingerprint density at radius 3 is 2.03 bits per heavy atom. The number of aromatic amines is 2. The average Bonchev–Trinajstić information content (AvgIpc) is 3.39. The Kier molecular flexibility index (Phi) is 9.41. The first-order valence-electron chi connectivity index (χ1n) is 11.3. The lowest BCUT2D eigenvalue weighted by Crippen LogP contribution is -2.33. The van der Waals surface area contributed by atoms with Crippen LogP contribution in [-0.2, 0) is 30.3 Å². The number of quaternary nitrogens is 1. The van der Waals surface area contributed by atoms with Gasteiger partial charge in [0.25, 0.3) is 11.1 Å². The fraction of sp³-hybridized carbons (Fsp3) is 0.600. The molecule has 0 amide bonds. The molecule has 0 radical (unpaired) electrons. The van der Waals surface area contributed by atoms with Crippen LogP contribution in [0.4, 0.5) is 0 Å². The van der Waals surface area contributed by atoms with Crippen molar-refractivity contribution in [3.05, 3.63) is 65.2 Å². The molecule has 38 heavy (non-hydrogen) atoms. The lowest BCUT2D eigenvalue weighted by atomic mass is 10.2. The van der Waals surface area contributed by atoms with Crippen LogP contribution < -0.4 is 28.6 Å². The number of aliphatic hydroxyl groups excluding tert-OH is 2. The standard InChI is InChI=1S/C20H27N4O11PS.H3N/c1-9-5-23(19(29)21-17(9)27)15-3-11(26)14(34-15)8-32-36(31,37)35-12-4-16(33-13(12)7-25)24-6-10(2)18(28)22-20(24)30;/h5-6,11-16,25-26H,3-4,7-8H2,1-2H3,(H,31,37)(H,21,27,29)(H,22,28,30);1H3/p+1/t11?,12?,13-,14-,15-,16-,36?;/m1./s1. The molecule has 0 aliphatic carbocycles. The molecule has 0 bridgehead atoms. The SMILES string of the molecule is Cc1cn([C@H]2CC(O)[C@@H](COP(O)(=S)OC3C[C@H](n4cc(C)c(=O)[nH]c4=O)O[C@@H]3CO)O2)c(=O)[nH]c1=O.[NH4+]. The Balaban J connectivity index is 0.00000400. The van der Waals surface area contributed by atoms with Crippen LogP contribution in [0.5, 0.6) is 0 Å². The van der Waals surface area contributed by atoms with Crippen LogP contribution >= 0.6 is 6.72 Å². The van der Waals surface area contributed by atoms with E-state index in [0.717, 1.165) is 9.13 Å². The summed E-state index contributed by atoms with van der Waals surface area (Å²) in [5, 5.41) is 20.1. The zero-order valence-corrected chi connectivity index (χ0v) is 22.5. The monoisotopic (exact) mass is 580 g/mol. The molecule has 16 nitrogen and oxygen atoms in total. The van der Waals surface area contributed by atoms with E-state index in [9.17, 15) is 34.3 Å². The minimum Gasteiger partial charge on any atom is -0.394 e. The topological polar surface area (TPSA) is 244 Å². The van der Waals surface area contributed by atoms with Gasteiger partial charge < -0.3 is 39.8 Å². The maximum atomic E-state index is 12.2. The molecule has 2 aliphatic rings. The number of hydrogen-bond acceptors (Lipinski definition) is 11. The van der Waals surface area contributed by atoms with Gasteiger partial charge in [-0.15, -0.1) is 0 Å². The highest BCUT2D eigenvalue weighted by molar-refractivity contribution is 8.07. The van der Waals surface area contributed by atoms with Gasteiger partial charge in [-0.25, -0.2) is 9.59 Å². The molecule has 2 aromatic heterocycles. The molecule has 9 N–H and O–H groups in total. The zero-order chi connectivity index (χ0) is 27.1. The minimum atomic E-state index is -3.94. The second-order valence-electron chi connectivity index (χ2n) is 8.85. The van der Waals surface area contributed by atoms with E-state index in [2.05, 4.69) is 9.97 Å². The van der Waals surface area contributed by atoms with Crippen molar-refractivity contribution in [2.75, 3.05) is 13.2 Å². The van der Waals surface area contributed by atoms with E-state index in [0.29, 0.717) is 0 Å². The number of nitrogens with one attached hydrogen (secondary N) is 2. The Morgan fingerprint density at radius 1 is 1.00 bits per heavy atom. The summed E-state index contributed by atoms with van der Waals surface area (Å²) in [6.07, 6.45) is -3.05. The van der Waals surface area contributed by atoms with Crippen molar-refractivity contribution in [3.8, 4) is 0 Å². The number of ether oxygens (including phenoxy) is 2. The number of aryl methyl sites for hydroxylation is 2. The third kappa shape index (κ3) is 6.45. The van der Waals surface area contributed by atoms with Gasteiger partial charge in [0.1, 0.15) is 24.7 Å². The van der Waals surface area contributed by atoms with Crippen LogP contribution in [0.15, 0.2) is 31.6 Å². The molecular formula is C20H31N5O11PS+. The second-order valence-corrected chi connectivity index (χ2v) is 11.6. The first-order valence-corrected chi connectivity index (χ1v) is 13.9. The fourth-order valence-electron chi connectivity index (χ4n) is 4.15. The first-order chi connectivity index (χ1) is 17.4. The first kappa shape index (κ1) is 30.2. The summed E-state index contributed by atoms with van der Waals surface area (Å²) in [6.45, 7) is -1.79. The summed E-state index contributed by atoms with van der Waals surface area (Å²) in [7, 11) is 0. The van der Waals surface area contributed by atoms with Gasteiger partial charge in [-0.05, 0) is 25.7 Å². The molecule has 2 aliphatic heterocycles. The summed E-state index contributed by atoms with van der Waals surface area (Å²) in [5.74, 6) is 0. The normalized spacial score (nSPS) is 28.7. The van der Waals surface area contributed by atoms with E-state index in [1.54, 1.807) is 0 Å². The van der Waals surface area contributed by atoms with Crippen LogP contribution in [-0.4, -0.2) is 71.8 Å². The number of nitrogens with zero attached hydrogens (tertiary/aromatic N) is 2. The Morgan fingerprint density at radius 2 is 1.50 bits per heavy atom. The highest BCUT2D eigenvalue weighted by Crippen LogP contribution is 2.49. The molecule has 2 saturated heterocycles. The van der Waals surface area contributed by atoms with Crippen LogP contribution in [0.25, 0.3) is 0 Å². The molecule has 2 aromatic rings. The highest BCUT2D eigenvalue weighted by atomic mass is 32.5. The molecule has 4 heterocycles. The maximum absolute atomic E-state index is 12.2. The van der Waals surface area contributed by atoms with E-state index in [1.807, 2.05) is 0 Å². The molecule has 0 saturated carbocycles. The van der Waals surface area contributed by atoms with Crippen molar-refractivity contribution in [2.45, 2.75) is 63.6 Å². The van der Waals surface area contributed by atoms with E-state index in [4.69, 9.17) is 30.3 Å². The molecule has 18 heteroatoms. The molecular weight excluding hydrogens is 549 g/mol. The number of rotatable bonds is 8. The Hall–Kier alpha value is -2.31. The molecule has 0 spiro atoms. The summed E-state index contributed by atoms with van der Waals surface area (Å²) in [4.78, 5) is 62.5. The van der Waals surface area contributed by atoms with Gasteiger partial charge in [-0.2, -0.15) is 0 Å². The van der Waals surface area contributed by atoms with Crippen molar-refractivity contribution in [1.82, 2.24) is 25.3 Å². The lowest BCUT2D eigenvalue weighted by Gasteiger charge is -2.24.